The number of para-hydroxylation sites is 1. The first kappa shape index (κ1) is 17.8. The number of hydrogen-bond donors (Lipinski definition) is 1. The molecule has 0 amide bonds. The maximum Gasteiger partial charge on any atom is 0.336 e. The van der Waals surface area contributed by atoms with Gasteiger partial charge < -0.3 is 5.11 Å². The molecule has 0 aliphatic carbocycles. The minimum absolute atomic E-state index is 0.00561. The Bertz CT molecular complexity index is 1220. The molecule has 0 bridgehead atoms. The van der Waals surface area contributed by atoms with Crippen LogP contribution in [0.15, 0.2) is 66.7 Å². The van der Waals surface area contributed by atoms with Crippen LogP contribution < -0.4 is 0 Å². The number of benzene rings is 3. The lowest BCUT2D eigenvalue weighted by atomic mass is 9.99. The van der Waals surface area contributed by atoms with Gasteiger partial charge in [0.15, 0.2) is 0 Å². The largest absolute Gasteiger partial charge is 0.478 e. The molecule has 138 valence electrons. The van der Waals surface area contributed by atoms with E-state index in [1.807, 2.05) is 13.0 Å². The second-order valence-corrected chi connectivity index (χ2v) is 6.56. The molecule has 0 radical (unpaired) electrons. The van der Waals surface area contributed by atoms with Crippen molar-refractivity contribution in [3.05, 3.63) is 89.5 Å². The highest BCUT2D eigenvalue weighted by Crippen LogP contribution is 2.29. The number of carboxylic acids is 1. The van der Waals surface area contributed by atoms with E-state index in [0.29, 0.717) is 22.4 Å². The molecule has 5 heteroatoms. The van der Waals surface area contributed by atoms with Gasteiger partial charge >= 0.3 is 5.97 Å². The smallest absolute Gasteiger partial charge is 0.336 e. The molecule has 1 aromatic heterocycles. The highest BCUT2D eigenvalue weighted by Gasteiger charge is 2.15. The van der Waals surface area contributed by atoms with Crippen molar-refractivity contribution in [3.63, 3.8) is 0 Å². The highest BCUT2D eigenvalue weighted by atomic mass is 19.1. The minimum Gasteiger partial charge on any atom is -0.478 e. The number of halogens is 2. The summed E-state index contributed by atoms with van der Waals surface area (Å²) in [6, 6.07) is 17.6. The van der Waals surface area contributed by atoms with Crippen molar-refractivity contribution in [2.24, 2.45) is 0 Å². The summed E-state index contributed by atoms with van der Waals surface area (Å²) in [4.78, 5) is 15.9. The van der Waals surface area contributed by atoms with Gasteiger partial charge in [-0.25, -0.2) is 18.6 Å². The van der Waals surface area contributed by atoms with Gasteiger partial charge in [0.1, 0.15) is 17.2 Å². The van der Waals surface area contributed by atoms with E-state index in [-0.39, 0.29) is 22.3 Å². The average Bonchev–Trinajstić information content (AvgIpc) is 2.68. The molecule has 4 aromatic rings. The highest BCUT2D eigenvalue weighted by molar-refractivity contribution is 6.03. The van der Waals surface area contributed by atoms with E-state index in [1.165, 1.54) is 30.3 Å². The van der Waals surface area contributed by atoms with Crippen LogP contribution in [0, 0.1) is 18.6 Å². The fraction of sp³-hybridized carbons (Fsp3) is 0.0435. The Hall–Kier alpha value is -3.60. The second-order valence-electron chi connectivity index (χ2n) is 6.56. The van der Waals surface area contributed by atoms with Gasteiger partial charge in [0.25, 0.3) is 0 Å². The number of rotatable bonds is 3. The van der Waals surface area contributed by atoms with Crippen LogP contribution in [-0.4, -0.2) is 16.1 Å². The predicted octanol–water partition coefficient (Wildman–Crippen LogP) is 5.85. The van der Waals surface area contributed by atoms with Crippen molar-refractivity contribution < 1.29 is 18.7 Å². The molecule has 0 spiro atoms. The second kappa shape index (κ2) is 6.85. The molecular formula is C23H15F2NO2. The van der Waals surface area contributed by atoms with Crippen LogP contribution in [0.4, 0.5) is 8.78 Å². The summed E-state index contributed by atoms with van der Waals surface area (Å²) in [7, 11) is 0. The average molecular weight is 375 g/mol. The summed E-state index contributed by atoms with van der Waals surface area (Å²) < 4.78 is 28.4. The lowest BCUT2D eigenvalue weighted by Crippen LogP contribution is -2.01. The third kappa shape index (κ3) is 3.11. The number of pyridine rings is 1. The zero-order valence-corrected chi connectivity index (χ0v) is 14.9. The van der Waals surface area contributed by atoms with Gasteiger partial charge in [0, 0.05) is 16.5 Å². The topological polar surface area (TPSA) is 50.2 Å². The molecule has 3 nitrogen and oxygen atoms in total. The van der Waals surface area contributed by atoms with Gasteiger partial charge in [-0.1, -0.05) is 48.5 Å². The standard InChI is InChI=1S/C23H15F2NO2/c1-13-5-10-16(20(25)11-13)14-6-8-15(9-7-14)21-12-18(23(27)28)17-3-2-4-19(24)22(17)26-21/h2-12H,1H3,(H,27,28). The fourth-order valence-electron chi connectivity index (χ4n) is 3.21. The van der Waals surface area contributed by atoms with Gasteiger partial charge in [-0.3, -0.25) is 0 Å². The Labute approximate surface area is 159 Å². The Morgan fingerprint density at radius 2 is 1.61 bits per heavy atom. The van der Waals surface area contributed by atoms with Crippen molar-refractivity contribution in [2.75, 3.05) is 0 Å². The third-order valence-corrected chi connectivity index (χ3v) is 4.64. The van der Waals surface area contributed by atoms with Crippen molar-refractivity contribution in [3.8, 4) is 22.4 Å². The fourth-order valence-corrected chi connectivity index (χ4v) is 3.21. The van der Waals surface area contributed by atoms with Gasteiger partial charge in [-0.2, -0.15) is 0 Å². The molecule has 0 saturated heterocycles. The summed E-state index contributed by atoms with van der Waals surface area (Å²) in [5.41, 5.74) is 2.93. The van der Waals surface area contributed by atoms with Crippen LogP contribution in [0.2, 0.25) is 0 Å². The van der Waals surface area contributed by atoms with Gasteiger partial charge in [0.2, 0.25) is 0 Å². The van der Waals surface area contributed by atoms with Crippen molar-refractivity contribution in [1.82, 2.24) is 4.98 Å². The predicted molar refractivity (Wildman–Crippen MR) is 104 cm³/mol. The normalized spacial score (nSPS) is 11.0. The zero-order chi connectivity index (χ0) is 19.8. The molecule has 3 aromatic carbocycles. The van der Waals surface area contributed by atoms with E-state index in [9.17, 15) is 18.7 Å². The van der Waals surface area contributed by atoms with Crippen molar-refractivity contribution in [2.45, 2.75) is 6.92 Å². The van der Waals surface area contributed by atoms with Gasteiger partial charge in [-0.15, -0.1) is 0 Å². The number of hydrogen-bond acceptors (Lipinski definition) is 2. The molecule has 0 aliphatic heterocycles. The maximum atomic E-state index is 14.2. The number of carboxylic acid groups (broad SMARTS) is 1. The van der Waals surface area contributed by atoms with Crippen LogP contribution >= 0.6 is 0 Å². The molecule has 0 aliphatic rings. The van der Waals surface area contributed by atoms with Crippen LogP contribution in [0.25, 0.3) is 33.3 Å². The Balaban J connectivity index is 1.82. The third-order valence-electron chi connectivity index (χ3n) is 4.64. The lowest BCUT2D eigenvalue weighted by Gasteiger charge is -2.09. The van der Waals surface area contributed by atoms with E-state index in [2.05, 4.69) is 4.98 Å². The molecular weight excluding hydrogens is 360 g/mol. The Morgan fingerprint density at radius 3 is 2.29 bits per heavy atom. The van der Waals surface area contributed by atoms with Crippen LogP contribution in [-0.2, 0) is 0 Å². The molecule has 4 rings (SSSR count). The Morgan fingerprint density at radius 1 is 0.893 bits per heavy atom. The number of aryl methyl sites for hydroxylation is 1. The van der Waals surface area contributed by atoms with Crippen LogP contribution in [0.5, 0.6) is 0 Å². The molecule has 0 fully saturated rings. The molecule has 0 saturated carbocycles. The number of aromatic nitrogens is 1. The molecule has 1 heterocycles. The number of nitrogens with zero attached hydrogens (tertiary/aromatic N) is 1. The van der Waals surface area contributed by atoms with Crippen molar-refractivity contribution >= 4 is 16.9 Å². The number of carbonyl (C=O) groups is 1. The van der Waals surface area contributed by atoms with E-state index < -0.39 is 11.8 Å². The summed E-state index contributed by atoms with van der Waals surface area (Å²) >= 11 is 0. The molecule has 0 atom stereocenters. The minimum atomic E-state index is -1.16. The Kier molecular flexibility index (Phi) is 4.35. The van der Waals surface area contributed by atoms with Crippen molar-refractivity contribution in [1.29, 1.82) is 0 Å². The first-order valence-electron chi connectivity index (χ1n) is 8.63. The maximum absolute atomic E-state index is 14.2. The summed E-state index contributed by atoms with van der Waals surface area (Å²) in [5, 5.41) is 9.74. The number of fused-ring (bicyclic) bond motifs is 1. The van der Waals surface area contributed by atoms with Gasteiger partial charge in [-0.05, 0) is 36.2 Å². The van der Waals surface area contributed by atoms with E-state index >= 15 is 0 Å². The van der Waals surface area contributed by atoms with Gasteiger partial charge in [0.05, 0.1) is 11.3 Å². The lowest BCUT2D eigenvalue weighted by molar-refractivity contribution is 0.0699. The molecule has 0 unspecified atom stereocenters. The SMILES string of the molecule is Cc1ccc(-c2ccc(-c3cc(C(=O)O)c4cccc(F)c4n3)cc2)c(F)c1. The first-order valence-corrected chi connectivity index (χ1v) is 8.63. The molecule has 1 N–H and O–H groups in total. The van der Waals surface area contributed by atoms with E-state index in [1.54, 1.807) is 30.3 Å². The van der Waals surface area contributed by atoms with E-state index in [4.69, 9.17) is 0 Å². The zero-order valence-electron chi connectivity index (χ0n) is 14.9. The number of aromatic carboxylic acids is 1. The monoisotopic (exact) mass is 375 g/mol. The summed E-state index contributed by atoms with van der Waals surface area (Å²) in [5.74, 6) is -2.05. The summed E-state index contributed by atoms with van der Waals surface area (Å²) in [6.07, 6.45) is 0. The molecule has 28 heavy (non-hydrogen) atoms. The quantitative estimate of drug-likeness (QED) is 0.488. The summed E-state index contributed by atoms with van der Waals surface area (Å²) in [6.45, 7) is 1.82. The van der Waals surface area contributed by atoms with Crippen LogP contribution in [0.1, 0.15) is 15.9 Å². The van der Waals surface area contributed by atoms with Crippen LogP contribution in [0.3, 0.4) is 0 Å². The van der Waals surface area contributed by atoms with E-state index in [0.717, 1.165) is 5.56 Å². The first-order chi connectivity index (χ1) is 13.4.